The van der Waals surface area contributed by atoms with Gasteiger partial charge < -0.3 is 9.47 Å². The lowest BCUT2D eigenvalue weighted by atomic mass is 9.97. The van der Waals surface area contributed by atoms with E-state index >= 15 is 0 Å². The van der Waals surface area contributed by atoms with E-state index < -0.39 is 0 Å². The van der Waals surface area contributed by atoms with Crippen LogP contribution < -0.4 is 16.0 Å². The molecular formula is C16H25N3O2. The molecule has 116 valence electrons. The van der Waals surface area contributed by atoms with Gasteiger partial charge in [0, 0.05) is 31.1 Å². The Balaban J connectivity index is 1.83. The van der Waals surface area contributed by atoms with Crippen LogP contribution in [0.15, 0.2) is 18.2 Å². The molecule has 3 N–H and O–H groups in total. The maximum absolute atomic E-state index is 5.99. The fourth-order valence-corrected chi connectivity index (χ4v) is 3.25. The van der Waals surface area contributed by atoms with Crippen molar-refractivity contribution in [3.63, 3.8) is 0 Å². The normalized spacial score (nSPS) is 23.9. The summed E-state index contributed by atoms with van der Waals surface area (Å²) in [5.41, 5.74) is 5.33. The number of ether oxygens (including phenoxy) is 2. The summed E-state index contributed by atoms with van der Waals surface area (Å²) in [5.74, 6) is 6.84. The molecule has 0 spiro atoms. The number of nitrogens with two attached hydrogens (primary N) is 1. The van der Waals surface area contributed by atoms with E-state index in [2.05, 4.69) is 42.4 Å². The van der Waals surface area contributed by atoms with Crippen molar-refractivity contribution in [3.05, 3.63) is 29.3 Å². The third kappa shape index (κ3) is 2.92. The molecule has 0 bridgehead atoms. The summed E-state index contributed by atoms with van der Waals surface area (Å²) < 4.78 is 11.8. The quantitative estimate of drug-likeness (QED) is 0.645. The number of nitrogens with zero attached hydrogens (tertiary/aromatic N) is 1. The Kier molecular flexibility index (Phi) is 4.45. The molecule has 2 atom stereocenters. The predicted octanol–water partition coefficient (Wildman–Crippen LogP) is 1.24. The third-order valence-corrected chi connectivity index (χ3v) is 4.49. The Morgan fingerprint density at radius 1 is 1.33 bits per heavy atom. The van der Waals surface area contributed by atoms with E-state index in [1.54, 1.807) is 0 Å². The minimum atomic E-state index is -0.0420. The summed E-state index contributed by atoms with van der Waals surface area (Å²) in [7, 11) is 0. The van der Waals surface area contributed by atoms with Crippen LogP contribution in [-0.4, -0.2) is 43.3 Å². The van der Waals surface area contributed by atoms with Gasteiger partial charge in [0.05, 0.1) is 25.4 Å². The number of morpholine rings is 1. The first-order chi connectivity index (χ1) is 10.2. The van der Waals surface area contributed by atoms with Gasteiger partial charge in [-0.2, -0.15) is 0 Å². The summed E-state index contributed by atoms with van der Waals surface area (Å²) in [5, 5.41) is 0. The predicted molar refractivity (Wildman–Crippen MR) is 82.2 cm³/mol. The zero-order valence-electron chi connectivity index (χ0n) is 12.8. The first-order valence-electron chi connectivity index (χ1n) is 7.77. The molecule has 0 saturated carbocycles. The molecular weight excluding hydrogens is 266 g/mol. The van der Waals surface area contributed by atoms with Crippen molar-refractivity contribution in [3.8, 4) is 5.75 Å². The highest BCUT2D eigenvalue weighted by Crippen LogP contribution is 2.35. The number of fused-ring (bicyclic) bond motifs is 1. The first-order valence-corrected chi connectivity index (χ1v) is 7.77. The second kappa shape index (κ2) is 6.32. The van der Waals surface area contributed by atoms with Gasteiger partial charge >= 0.3 is 0 Å². The van der Waals surface area contributed by atoms with Gasteiger partial charge in [0.15, 0.2) is 0 Å². The lowest BCUT2D eigenvalue weighted by molar-refractivity contribution is -0.0564. The molecule has 0 radical (unpaired) electrons. The number of hydrazine groups is 1. The highest BCUT2D eigenvalue weighted by Gasteiger charge is 2.32. The molecule has 3 rings (SSSR count). The topological polar surface area (TPSA) is 59.8 Å². The summed E-state index contributed by atoms with van der Waals surface area (Å²) in [6.07, 6.45) is 1.02. The van der Waals surface area contributed by atoms with Crippen LogP contribution in [0.4, 0.5) is 0 Å². The molecule has 2 heterocycles. The third-order valence-electron chi connectivity index (χ3n) is 4.49. The summed E-state index contributed by atoms with van der Waals surface area (Å²) in [4.78, 5) is 2.43. The van der Waals surface area contributed by atoms with Crippen LogP contribution in [-0.2, 0) is 11.2 Å². The monoisotopic (exact) mass is 291 g/mol. The van der Waals surface area contributed by atoms with Crippen LogP contribution in [0.25, 0.3) is 0 Å². The van der Waals surface area contributed by atoms with Gasteiger partial charge in [0.1, 0.15) is 5.75 Å². The van der Waals surface area contributed by atoms with Crippen molar-refractivity contribution >= 4 is 0 Å². The Labute approximate surface area is 126 Å². The zero-order valence-corrected chi connectivity index (χ0v) is 12.8. The van der Waals surface area contributed by atoms with E-state index in [1.807, 2.05) is 0 Å². The molecule has 5 nitrogen and oxygen atoms in total. The van der Waals surface area contributed by atoms with Gasteiger partial charge in [-0.25, -0.2) is 0 Å². The zero-order chi connectivity index (χ0) is 14.8. The van der Waals surface area contributed by atoms with Crippen LogP contribution in [0.1, 0.15) is 31.0 Å². The average Bonchev–Trinajstić information content (AvgIpc) is 2.97. The number of hydrogen-bond acceptors (Lipinski definition) is 5. The van der Waals surface area contributed by atoms with Gasteiger partial charge in [-0.3, -0.25) is 16.2 Å². The van der Waals surface area contributed by atoms with Crippen LogP contribution >= 0.6 is 0 Å². The van der Waals surface area contributed by atoms with Crippen LogP contribution in [0.5, 0.6) is 5.75 Å². The van der Waals surface area contributed by atoms with Crippen LogP contribution in [0.2, 0.25) is 0 Å². The molecule has 2 unspecified atom stereocenters. The second-order valence-electron chi connectivity index (χ2n) is 6.08. The lowest BCUT2D eigenvalue weighted by Crippen LogP contribution is -2.51. The van der Waals surface area contributed by atoms with E-state index in [-0.39, 0.29) is 12.1 Å². The number of rotatable bonds is 4. The maximum Gasteiger partial charge on any atom is 0.127 e. The molecule has 2 aliphatic heterocycles. The Morgan fingerprint density at radius 3 is 2.95 bits per heavy atom. The van der Waals surface area contributed by atoms with Crippen LogP contribution in [0, 0.1) is 0 Å². The maximum atomic E-state index is 5.99. The van der Waals surface area contributed by atoms with Gasteiger partial charge in [-0.05, 0) is 19.4 Å². The molecule has 0 aromatic heterocycles. The van der Waals surface area contributed by atoms with Crippen molar-refractivity contribution in [1.29, 1.82) is 0 Å². The van der Waals surface area contributed by atoms with Crippen LogP contribution in [0.3, 0.4) is 0 Å². The summed E-state index contributed by atoms with van der Waals surface area (Å²) in [6.45, 7) is 7.81. The molecule has 2 aliphatic rings. The van der Waals surface area contributed by atoms with Crippen molar-refractivity contribution in [1.82, 2.24) is 10.3 Å². The minimum absolute atomic E-state index is 0.0420. The number of hydrogen-bond donors (Lipinski definition) is 2. The molecule has 1 aromatic carbocycles. The fraction of sp³-hybridized carbons (Fsp3) is 0.625. The lowest BCUT2D eigenvalue weighted by Gasteiger charge is -2.39. The second-order valence-corrected chi connectivity index (χ2v) is 6.08. The highest BCUT2D eigenvalue weighted by molar-refractivity contribution is 5.46. The van der Waals surface area contributed by atoms with E-state index in [4.69, 9.17) is 15.3 Å². The number of benzene rings is 1. The molecule has 1 aromatic rings. The van der Waals surface area contributed by atoms with E-state index in [0.29, 0.717) is 6.04 Å². The first kappa shape index (κ1) is 14.8. The summed E-state index contributed by atoms with van der Waals surface area (Å²) >= 11 is 0. The smallest absolute Gasteiger partial charge is 0.127 e. The van der Waals surface area contributed by atoms with E-state index in [1.165, 1.54) is 5.56 Å². The van der Waals surface area contributed by atoms with Gasteiger partial charge in [0.25, 0.3) is 0 Å². The highest BCUT2D eigenvalue weighted by atomic mass is 16.5. The van der Waals surface area contributed by atoms with Crippen molar-refractivity contribution in [2.75, 3.05) is 26.3 Å². The Bertz CT molecular complexity index is 492. The molecule has 0 aliphatic carbocycles. The molecule has 0 amide bonds. The molecule has 21 heavy (non-hydrogen) atoms. The van der Waals surface area contributed by atoms with Crippen molar-refractivity contribution < 1.29 is 9.47 Å². The van der Waals surface area contributed by atoms with Gasteiger partial charge in [-0.15, -0.1) is 0 Å². The number of nitrogens with one attached hydrogen (secondary N) is 1. The van der Waals surface area contributed by atoms with E-state index in [0.717, 1.165) is 44.0 Å². The Hall–Kier alpha value is -1.14. The SMILES string of the molecule is CC(C)N1CCOC(C(NN)c2cccc3c2OCC3)C1. The molecule has 1 saturated heterocycles. The largest absolute Gasteiger partial charge is 0.493 e. The molecule has 1 fully saturated rings. The number of para-hydroxylation sites is 1. The Morgan fingerprint density at radius 2 is 2.19 bits per heavy atom. The minimum Gasteiger partial charge on any atom is -0.493 e. The van der Waals surface area contributed by atoms with Crippen molar-refractivity contribution in [2.45, 2.75) is 38.5 Å². The molecule has 5 heteroatoms. The van der Waals surface area contributed by atoms with Crippen molar-refractivity contribution in [2.24, 2.45) is 5.84 Å². The van der Waals surface area contributed by atoms with Gasteiger partial charge in [0.2, 0.25) is 0 Å². The average molecular weight is 291 g/mol. The summed E-state index contributed by atoms with van der Waals surface area (Å²) in [6, 6.07) is 6.77. The van der Waals surface area contributed by atoms with E-state index in [9.17, 15) is 0 Å². The standard InChI is InChI=1S/C16H25N3O2/c1-11(2)19-7-9-20-14(10-19)15(18-17)13-5-3-4-12-6-8-21-16(12)13/h3-5,11,14-15,18H,6-10,17H2,1-2H3. The van der Waals surface area contributed by atoms with Gasteiger partial charge in [-0.1, -0.05) is 18.2 Å². The fourth-order valence-electron chi connectivity index (χ4n) is 3.25.